The van der Waals surface area contributed by atoms with Crippen LogP contribution in [-0.4, -0.2) is 47.2 Å². The van der Waals surface area contributed by atoms with Crippen molar-refractivity contribution in [2.75, 3.05) is 13.6 Å². The number of imidazole rings is 1. The maximum atomic E-state index is 13.8. The molecule has 0 saturated carbocycles. The van der Waals surface area contributed by atoms with Crippen LogP contribution in [0.5, 0.6) is 0 Å². The molecule has 0 fully saturated rings. The van der Waals surface area contributed by atoms with Gasteiger partial charge < -0.3 is 4.90 Å². The second kappa shape index (κ2) is 7.81. The van der Waals surface area contributed by atoms with Gasteiger partial charge in [0.15, 0.2) is 0 Å². The molecule has 8 nitrogen and oxygen atoms in total. The van der Waals surface area contributed by atoms with Gasteiger partial charge in [0.05, 0.1) is 28.8 Å². The van der Waals surface area contributed by atoms with Crippen molar-refractivity contribution in [1.82, 2.24) is 33.6 Å². The summed E-state index contributed by atoms with van der Waals surface area (Å²) in [5.41, 5.74) is 8.58. The Balaban J connectivity index is 1.55. The zero-order chi connectivity index (χ0) is 24.4. The number of aromatic nitrogens is 6. The van der Waals surface area contributed by atoms with Crippen molar-refractivity contribution < 1.29 is 0 Å². The molecular formula is C27H29N7O. The number of likely N-dealkylation sites (N-methyl/N-ethyl adjacent to an activating group) is 1. The molecule has 0 amide bonds. The normalized spacial score (nSPS) is 14.1. The average molecular weight is 468 g/mol. The van der Waals surface area contributed by atoms with E-state index in [2.05, 4.69) is 50.0 Å². The van der Waals surface area contributed by atoms with Crippen molar-refractivity contribution in [3.63, 3.8) is 0 Å². The van der Waals surface area contributed by atoms with Crippen LogP contribution in [0.25, 0.3) is 28.1 Å². The molecule has 3 aromatic heterocycles. The third-order valence-corrected chi connectivity index (χ3v) is 7.37. The summed E-state index contributed by atoms with van der Waals surface area (Å²) in [6.07, 6.45) is 6.38. The Bertz CT molecular complexity index is 1640. The lowest BCUT2D eigenvalue weighted by molar-refractivity contribution is 0.311. The van der Waals surface area contributed by atoms with E-state index in [1.807, 2.05) is 53.2 Å². The summed E-state index contributed by atoms with van der Waals surface area (Å²) in [6.45, 7) is 8.10. The van der Waals surface area contributed by atoms with Gasteiger partial charge >= 0.3 is 5.69 Å². The van der Waals surface area contributed by atoms with Crippen LogP contribution in [-0.2, 0) is 20.0 Å². The highest BCUT2D eigenvalue weighted by Crippen LogP contribution is 2.29. The molecule has 178 valence electrons. The van der Waals surface area contributed by atoms with Crippen LogP contribution in [0.1, 0.15) is 27.9 Å². The van der Waals surface area contributed by atoms with Crippen molar-refractivity contribution in [1.29, 1.82) is 0 Å². The van der Waals surface area contributed by atoms with Gasteiger partial charge in [-0.2, -0.15) is 10.2 Å². The molecule has 8 heteroatoms. The predicted molar refractivity (Wildman–Crippen MR) is 137 cm³/mol. The lowest BCUT2D eigenvalue weighted by atomic mass is 10.0. The summed E-state index contributed by atoms with van der Waals surface area (Å²) < 4.78 is 7.22. The predicted octanol–water partition coefficient (Wildman–Crippen LogP) is 3.61. The molecule has 0 unspecified atom stereocenters. The summed E-state index contributed by atoms with van der Waals surface area (Å²) in [7, 11) is 4.03. The van der Waals surface area contributed by atoms with E-state index < -0.39 is 0 Å². The van der Waals surface area contributed by atoms with Gasteiger partial charge in [-0.25, -0.2) is 9.48 Å². The number of aryl methyl sites for hydroxylation is 3. The van der Waals surface area contributed by atoms with E-state index in [1.165, 1.54) is 16.7 Å². The third-order valence-electron chi connectivity index (χ3n) is 7.37. The maximum absolute atomic E-state index is 13.8. The molecule has 5 aromatic rings. The molecule has 0 atom stereocenters. The first-order valence-electron chi connectivity index (χ1n) is 11.9. The van der Waals surface area contributed by atoms with Gasteiger partial charge in [-0.15, -0.1) is 0 Å². The van der Waals surface area contributed by atoms with Gasteiger partial charge in [0.1, 0.15) is 5.82 Å². The van der Waals surface area contributed by atoms with Crippen molar-refractivity contribution in [2.24, 2.45) is 7.05 Å². The topological polar surface area (TPSA) is 65.8 Å². The summed E-state index contributed by atoms with van der Waals surface area (Å²) in [4.78, 5) is 16.1. The molecule has 1 aliphatic rings. The average Bonchev–Trinajstić information content (AvgIpc) is 3.51. The molecule has 1 aliphatic heterocycles. The first-order valence-corrected chi connectivity index (χ1v) is 11.9. The Labute approximate surface area is 203 Å². The molecule has 2 aromatic carbocycles. The fourth-order valence-corrected chi connectivity index (χ4v) is 5.09. The van der Waals surface area contributed by atoms with Crippen LogP contribution in [0.3, 0.4) is 0 Å². The number of hydrogen-bond acceptors (Lipinski definition) is 4. The summed E-state index contributed by atoms with van der Waals surface area (Å²) in [5, 5.41) is 10.3. The van der Waals surface area contributed by atoms with Crippen LogP contribution in [0, 0.1) is 20.8 Å². The van der Waals surface area contributed by atoms with Crippen LogP contribution in [0.4, 0.5) is 0 Å². The molecule has 0 aliphatic carbocycles. The minimum Gasteiger partial charge on any atom is -0.302 e. The van der Waals surface area contributed by atoms with Crippen LogP contribution < -0.4 is 5.69 Å². The maximum Gasteiger partial charge on any atom is 0.338 e. The van der Waals surface area contributed by atoms with Gasteiger partial charge in [0, 0.05) is 49.9 Å². The minimum atomic E-state index is -0.119. The number of rotatable bonds is 3. The lowest BCUT2D eigenvalue weighted by Crippen LogP contribution is -2.28. The molecule has 0 saturated heterocycles. The van der Waals surface area contributed by atoms with E-state index in [0.29, 0.717) is 0 Å². The minimum absolute atomic E-state index is 0.119. The Morgan fingerprint density at radius 3 is 2.43 bits per heavy atom. The zero-order valence-corrected chi connectivity index (χ0v) is 20.8. The molecular weight excluding hydrogens is 438 g/mol. The third kappa shape index (κ3) is 3.36. The molecule has 0 radical (unpaired) electrons. The van der Waals surface area contributed by atoms with Gasteiger partial charge in [-0.3, -0.25) is 13.8 Å². The van der Waals surface area contributed by atoms with E-state index >= 15 is 0 Å². The van der Waals surface area contributed by atoms with Crippen LogP contribution in [0.2, 0.25) is 0 Å². The highest BCUT2D eigenvalue weighted by molar-refractivity contribution is 5.80. The largest absolute Gasteiger partial charge is 0.338 e. The number of hydrogen-bond donors (Lipinski definition) is 0. The Morgan fingerprint density at radius 1 is 0.914 bits per heavy atom. The van der Waals surface area contributed by atoms with Crippen molar-refractivity contribution in [3.05, 3.63) is 87.4 Å². The fourth-order valence-electron chi connectivity index (χ4n) is 5.09. The van der Waals surface area contributed by atoms with Crippen molar-refractivity contribution >= 4 is 10.9 Å². The van der Waals surface area contributed by atoms with Crippen molar-refractivity contribution in [3.8, 4) is 17.2 Å². The van der Waals surface area contributed by atoms with E-state index in [4.69, 9.17) is 5.10 Å². The monoisotopic (exact) mass is 467 g/mol. The van der Waals surface area contributed by atoms with E-state index in [1.54, 1.807) is 9.13 Å². The summed E-state index contributed by atoms with van der Waals surface area (Å²) in [6, 6.07) is 10.3. The van der Waals surface area contributed by atoms with Crippen LogP contribution >= 0.6 is 0 Å². The molecule has 0 spiro atoms. The Morgan fingerprint density at radius 2 is 1.66 bits per heavy atom. The smallest absolute Gasteiger partial charge is 0.302 e. The molecule has 0 N–H and O–H groups in total. The second-order valence-electron chi connectivity index (χ2n) is 9.69. The summed E-state index contributed by atoms with van der Waals surface area (Å²) in [5.74, 6) is 0.820. The summed E-state index contributed by atoms with van der Waals surface area (Å²) >= 11 is 0. The van der Waals surface area contributed by atoms with E-state index in [0.717, 1.165) is 58.9 Å². The highest BCUT2D eigenvalue weighted by Gasteiger charge is 2.26. The molecule has 35 heavy (non-hydrogen) atoms. The van der Waals surface area contributed by atoms with Gasteiger partial charge in [-0.1, -0.05) is 0 Å². The second-order valence-corrected chi connectivity index (χ2v) is 9.69. The van der Waals surface area contributed by atoms with E-state index in [-0.39, 0.29) is 5.69 Å². The SMILES string of the molecule is Cc1cc(-n2nc3c(c2-n2ccn(-c4ccc5c(cnn5C)c4)c2=O)CN(C)CC3)cc(C)c1C. The number of nitrogens with zero attached hydrogens (tertiary/aromatic N) is 7. The number of benzene rings is 2. The van der Waals surface area contributed by atoms with Crippen LogP contribution in [0.15, 0.2) is 53.7 Å². The van der Waals surface area contributed by atoms with Gasteiger partial charge in [-0.05, 0) is 74.8 Å². The fraction of sp³-hybridized carbons (Fsp3) is 0.296. The first kappa shape index (κ1) is 21.6. The Kier molecular flexibility index (Phi) is 4.82. The zero-order valence-electron chi connectivity index (χ0n) is 20.8. The Hall–Kier alpha value is -3.91. The lowest BCUT2D eigenvalue weighted by Gasteiger charge is -2.22. The molecule has 6 rings (SSSR count). The highest BCUT2D eigenvalue weighted by atomic mass is 16.1. The van der Waals surface area contributed by atoms with E-state index in [9.17, 15) is 4.79 Å². The molecule has 4 heterocycles. The van der Waals surface area contributed by atoms with Gasteiger partial charge in [0.2, 0.25) is 0 Å². The van der Waals surface area contributed by atoms with Gasteiger partial charge in [0.25, 0.3) is 0 Å². The molecule has 0 bridgehead atoms. The standard InChI is InChI=1S/C27H29N7O/c1-17-12-22(13-18(2)19(17)3)34-26(23-16-30(4)9-8-24(23)29-34)33-11-10-32(27(33)35)21-6-7-25-20(14-21)15-28-31(25)5/h6-7,10-15H,8-9,16H2,1-5H3. The van der Waals surface area contributed by atoms with Crippen molar-refractivity contribution in [2.45, 2.75) is 33.7 Å². The first-order chi connectivity index (χ1) is 16.8. The quantitative estimate of drug-likeness (QED) is 0.407. The number of fused-ring (bicyclic) bond motifs is 2.